The molecule has 1 aliphatic carbocycles. The molecular weight excluding hydrogens is 328 g/mol. The number of nitrogens with one attached hydrogen (secondary N) is 1. The summed E-state index contributed by atoms with van der Waals surface area (Å²) in [5.41, 5.74) is 2.59. The highest BCUT2D eigenvalue weighted by atomic mass is 19.3. The summed E-state index contributed by atoms with van der Waals surface area (Å²) in [5.74, 6) is -0.248. The Balaban J connectivity index is 1.69. The van der Waals surface area contributed by atoms with Crippen molar-refractivity contribution >= 4 is 12.0 Å². The van der Waals surface area contributed by atoms with Gasteiger partial charge < -0.3 is 10.1 Å². The van der Waals surface area contributed by atoms with E-state index in [1.807, 2.05) is 11.7 Å². The fraction of sp³-hybridized carbons (Fsp3) is 0.333. The van der Waals surface area contributed by atoms with Crippen molar-refractivity contribution in [3.8, 4) is 5.75 Å². The van der Waals surface area contributed by atoms with E-state index in [0.717, 1.165) is 30.5 Å². The van der Waals surface area contributed by atoms with Crippen molar-refractivity contribution < 1.29 is 18.3 Å². The topological polar surface area (TPSA) is 56.2 Å². The molecule has 7 heteroatoms. The van der Waals surface area contributed by atoms with E-state index >= 15 is 0 Å². The molecule has 0 bridgehead atoms. The van der Waals surface area contributed by atoms with E-state index in [1.165, 1.54) is 18.2 Å². The molecule has 0 saturated heterocycles. The number of aromatic nitrogens is 2. The fourth-order valence-corrected chi connectivity index (χ4v) is 3.06. The first kappa shape index (κ1) is 17.1. The van der Waals surface area contributed by atoms with Crippen LogP contribution in [-0.4, -0.2) is 22.3 Å². The molecule has 0 saturated carbocycles. The second-order valence-electron chi connectivity index (χ2n) is 5.87. The number of carbonyl (C=O) groups excluding carboxylic acids is 1. The minimum atomic E-state index is -2.91. The van der Waals surface area contributed by atoms with Crippen LogP contribution < -0.4 is 10.1 Å². The smallest absolute Gasteiger partial charge is 0.387 e. The van der Waals surface area contributed by atoms with E-state index in [1.54, 1.807) is 24.4 Å². The minimum absolute atomic E-state index is 0.0359. The molecular formula is C18H19F2N3O2. The normalized spacial score (nSPS) is 16.9. The van der Waals surface area contributed by atoms with Crippen molar-refractivity contribution in [2.45, 2.75) is 31.9 Å². The van der Waals surface area contributed by atoms with Crippen LogP contribution in [-0.2, 0) is 18.3 Å². The predicted molar refractivity (Wildman–Crippen MR) is 89.1 cm³/mol. The van der Waals surface area contributed by atoms with E-state index in [0.29, 0.717) is 5.56 Å². The average molecular weight is 347 g/mol. The van der Waals surface area contributed by atoms with Crippen LogP contribution in [0.15, 0.2) is 36.5 Å². The maximum Gasteiger partial charge on any atom is 0.387 e. The van der Waals surface area contributed by atoms with Gasteiger partial charge in [0.1, 0.15) is 5.75 Å². The number of para-hydroxylation sites is 1. The van der Waals surface area contributed by atoms with E-state index in [-0.39, 0.29) is 17.7 Å². The summed E-state index contributed by atoms with van der Waals surface area (Å²) < 4.78 is 31.1. The minimum Gasteiger partial charge on any atom is -0.434 e. The van der Waals surface area contributed by atoms with Crippen LogP contribution in [0.5, 0.6) is 5.75 Å². The number of hydrogen-bond donors (Lipinski definition) is 1. The van der Waals surface area contributed by atoms with Gasteiger partial charge in [0.05, 0.1) is 12.2 Å². The summed E-state index contributed by atoms with van der Waals surface area (Å²) in [5, 5.41) is 7.20. The molecule has 1 aromatic carbocycles. The van der Waals surface area contributed by atoms with Crippen molar-refractivity contribution in [3.63, 3.8) is 0 Å². The van der Waals surface area contributed by atoms with Gasteiger partial charge in [0.2, 0.25) is 5.91 Å². The fourth-order valence-electron chi connectivity index (χ4n) is 3.06. The monoisotopic (exact) mass is 347 g/mol. The third kappa shape index (κ3) is 4.04. The van der Waals surface area contributed by atoms with E-state index in [4.69, 9.17) is 0 Å². The highest BCUT2D eigenvalue weighted by Gasteiger charge is 2.24. The Bertz CT molecular complexity index is 786. The van der Waals surface area contributed by atoms with Crippen LogP contribution in [0.4, 0.5) is 8.78 Å². The Morgan fingerprint density at radius 2 is 2.24 bits per heavy atom. The highest BCUT2D eigenvalue weighted by molar-refractivity contribution is 5.92. The molecule has 1 aromatic heterocycles. The summed E-state index contributed by atoms with van der Waals surface area (Å²) in [6, 6.07) is 6.26. The van der Waals surface area contributed by atoms with Gasteiger partial charge in [-0.15, -0.1) is 0 Å². The van der Waals surface area contributed by atoms with Gasteiger partial charge in [0, 0.05) is 29.9 Å². The third-order valence-electron chi connectivity index (χ3n) is 4.24. The molecule has 0 radical (unpaired) electrons. The number of amides is 1. The van der Waals surface area contributed by atoms with Crippen LogP contribution in [0.3, 0.4) is 0 Å². The molecule has 1 amide bonds. The molecule has 0 aliphatic heterocycles. The SMILES string of the molecule is Cn1ncc2c1CCC[C@@H]2NC(=O)/C=C\c1ccccc1OC(F)F. The van der Waals surface area contributed by atoms with Crippen LogP contribution in [0, 0.1) is 0 Å². The number of ether oxygens (including phenoxy) is 1. The molecule has 0 fully saturated rings. The van der Waals surface area contributed by atoms with Crippen LogP contribution in [0.1, 0.15) is 35.7 Å². The first-order chi connectivity index (χ1) is 12.0. The molecule has 1 atom stereocenters. The number of benzene rings is 1. The summed E-state index contributed by atoms with van der Waals surface area (Å²) in [7, 11) is 1.89. The Hall–Kier alpha value is -2.70. The van der Waals surface area contributed by atoms with Gasteiger partial charge in [-0.2, -0.15) is 13.9 Å². The standard InChI is InChI=1S/C18H19F2N3O2/c1-23-15-7-4-6-14(13(15)11-21-23)22-17(24)10-9-12-5-2-3-8-16(12)25-18(19)20/h2-3,5,8-11,14,18H,4,6-7H2,1H3,(H,22,24)/b10-9-/t14-/m0/s1. The number of nitrogens with zero attached hydrogens (tertiary/aromatic N) is 2. The molecule has 132 valence electrons. The van der Waals surface area contributed by atoms with Crippen LogP contribution >= 0.6 is 0 Å². The van der Waals surface area contributed by atoms with Crippen molar-refractivity contribution in [2.75, 3.05) is 0 Å². The zero-order valence-electron chi connectivity index (χ0n) is 13.8. The van der Waals surface area contributed by atoms with E-state index in [2.05, 4.69) is 15.2 Å². The molecule has 0 spiro atoms. The highest BCUT2D eigenvalue weighted by Crippen LogP contribution is 2.29. The molecule has 2 aromatic rings. The van der Waals surface area contributed by atoms with Gasteiger partial charge in [-0.25, -0.2) is 0 Å². The molecule has 1 heterocycles. The Kier molecular flexibility index (Phi) is 5.11. The number of rotatable bonds is 5. The number of hydrogen-bond acceptors (Lipinski definition) is 3. The summed E-state index contributed by atoms with van der Waals surface area (Å²) in [4.78, 5) is 12.2. The molecule has 25 heavy (non-hydrogen) atoms. The first-order valence-corrected chi connectivity index (χ1v) is 8.08. The zero-order chi connectivity index (χ0) is 17.8. The van der Waals surface area contributed by atoms with E-state index in [9.17, 15) is 13.6 Å². The lowest BCUT2D eigenvalue weighted by Crippen LogP contribution is -2.29. The maximum atomic E-state index is 12.4. The third-order valence-corrected chi connectivity index (χ3v) is 4.24. The lowest BCUT2D eigenvalue weighted by atomic mass is 9.93. The number of carbonyl (C=O) groups is 1. The van der Waals surface area contributed by atoms with Crippen molar-refractivity contribution in [2.24, 2.45) is 7.05 Å². The average Bonchev–Trinajstić information content (AvgIpc) is 2.96. The lowest BCUT2D eigenvalue weighted by molar-refractivity contribution is -0.117. The van der Waals surface area contributed by atoms with Gasteiger partial charge >= 0.3 is 6.61 Å². The van der Waals surface area contributed by atoms with Gasteiger partial charge in [0.25, 0.3) is 0 Å². The Morgan fingerprint density at radius 3 is 3.04 bits per heavy atom. The van der Waals surface area contributed by atoms with Gasteiger partial charge in [0.15, 0.2) is 0 Å². The summed E-state index contributed by atoms with van der Waals surface area (Å²) >= 11 is 0. The molecule has 1 aliphatic rings. The lowest BCUT2D eigenvalue weighted by Gasteiger charge is -2.23. The van der Waals surface area contributed by atoms with E-state index < -0.39 is 6.61 Å². The van der Waals surface area contributed by atoms with Crippen LogP contribution in [0.2, 0.25) is 0 Å². The van der Waals surface area contributed by atoms with Gasteiger partial charge in [-0.1, -0.05) is 18.2 Å². The molecule has 1 N–H and O–H groups in total. The zero-order valence-corrected chi connectivity index (χ0v) is 13.8. The number of alkyl halides is 2. The summed E-state index contributed by atoms with van der Waals surface area (Å²) in [6.07, 6.45) is 7.37. The van der Waals surface area contributed by atoms with Crippen molar-refractivity contribution in [3.05, 3.63) is 53.4 Å². The largest absolute Gasteiger partial charge is 0.434 e. The molecule has 0 unspecified atom stereocenters. The Morgan fingerprint density at radius 1 is 1.44 bits per heavy atom. The van der Waals surface area contributed by atoms with Crippen molar-refractivity contribution in [1.29, 1.82) is 0 Å². The molecule has 3 rings (SSSR count). The summed E-state index contributed by atoms with van der Waals surface area (Å²) in [6.45, 7) is -2.91. The number of fused-ring (bicyclic) bond motifs is 1. The first-order valence-electron chi connectivity index (χ1n) is 8.08. The molecule has 5 nitrogen and oxygen atoms in total. The number of aryl methyl sites for hydroxylation is 1. The number of halogens is 2. The Labute approximate surface area is 144 Å². The van der Waals surface area contributed by atoms with Crippen molar-refractivity contribution in [1.82, 2.24) is 15.1 Å². The predicted octanol–water partition coefficient (Wildman–Crippen LogP) is 3.23. The quantitative estimate of drug-likeness (QED) is 0.845. The van der Waals surface area contributed by atoms with Crippen LogP contribution in [0.25, 0.3) is 6.08 Å². The second-order valence-corrected chi connectivity index (χ2v) is 5.87. The second kappa shape index (κ2) is 7.46. The van der Waals surface area contributed by atoms with Gasteiger partial charge in [-0.3, -0.25) is 9.48 Å². The van der Waals surface area contributed by atoms with Gasteiger partial charge in [-0.05, 0) is 31.4 Å². The maximum absolute atomic E-state index is 12.4.